The van der Waals surface area contributed by atoms with E-state index in [1.807, 2.05) is 0 Å². The van der Waals surface area contributed by atoms with E-state index < -0.39 is 0 Å². The zero-order valence-corrected chi connectivity index (χ0v) is 12.9. The van der Waals surface area contributed by atoms with Crippen LogP contribution in [0.3, 0.4) is 0 Å². The lowest BCUT2D eigenvalue weighted by Gasteiger charge is -2.34. The monoisotopic (exact) mass is 346 g/mol. The van der Waals surface area contributed by atoms with Crippen molar-refractivity contribution in [1.82, 2.24) is 8.01 Å². The number of hydrogen-bond donors (Lipinski definition) is 0. The van der Waals surface area contributed by atoms with Crippen LogP contribution in [0.4, 0.5) is 0 Å². The van der Waals surface area contributed by atoms with Gasteiger partial charge in [0, 0.05) is 46.9 Å². The lowest BCUT2D eigenvalue weighted by Crippen LogP contribution is -2.38. The Bertz CT molecular complexity index is 331. The molecule has 4 fully saturated rings. The first-order valence-electron chi connectivity index (χ1n) is 7.29. The summed E-state index contributed by atoms with van der Waals surface area (Å²) in [5.41, 5.74) is 1.55. The lowest BCUT2D eigenvalue weighted by atomic mass is 9.92. The molecule has 0 radical (unpaired) electrons. The van der Waals surface area contributed by atoms with Crippen LogP contribution in [-0.2, 0) is 0 Å². The molecule has 3 unspecified atom stereocenters. The number of nitrogens with zero attached hydrogens (tertiary/aromatic N) is 2. The molecule has 0 amide bonds. The molecule has 4 aliphatic rings. The summed E-state index contributed by atoms with van der Waals surface area (Å²) in [6, 6.07) is 1.73. The Hall–Kier alpha value is 0.650. The third kappa shape index (κ3) is 1.79. The van der Waals surface area contributed by atoms with Crippen molar-refractivity contribution in [3.05, 3.63) is 0 Å². The van der Waals surface area contributed by atoms with E-state index in [4.69, 9.17) is 0 Å². The molecule has 2 saturated heterocycles. The first-order chi connectivity index (χ1) is 8.13. The molecule has 2 aliphatic heterocycles. The van der Waals surface area contributed by atoms with Gasteiger partial charge in [0.25, 0.3) is 0 Å². The summed E-state index contributed by atoms with van der Waals surface area (Å²) in [6.07, 6.45) is 8.99. The molecule has 1 spiro atoms. The average molecular weight is 346 g/mol. The fourth-order valence-electron chi connectivity index (χ4n) is 4.42. The first-order valence-corrected chi connectivity index (χ1v) is 8.26. The Morgan fingerprint density at radius 1 is 1.12 bits per heavy atom. The maximum Gasteiger partial charge on any atom is 0.0273 e. The van der Waals surface area contributed by atoms with Crippen molar-refractivity contribution < 1.29 is 0 Å². The highest BCUT2D eigenvalue weighted by atomic mass is 127. The topological polar surface area (TPSA) is 6.48 Å². The van der Waals surface area contributed by atoms with Crippen molar-refractivity contribution >= 4 is 22.9 Å². The van der Waals surface area contributed by atoms with Gasteiger partial charge in [0.2, 0.25) is 0 Å². The summed E-state index contributed by atoms with van der Waals surface area (Å²) < 4.78 is 2.60. The number of likely N-dealkylation sites (tertiary alicyclic amines) is 1. The number of rotatable bonds is 2. The van der Waals surface area contributed by atoms with Crippen molar-refractivity contribution in [2.24, 2.45) is 10.8 Å². The van der Waals surface area contributed by atoms with E-state index in [1.165, 1.54) is 58.2 Å². The third-order valence-corrected chi connectivity index (χ3v) is 7.60. The summed E-state index contributed by atoms with van der Waals surface area (Å²) in [7, 11) is 0. The molecular weight excluding hydrogens is 323 g/mol. The Kier molecular flexibility index (Phi) is 2.43. The molecule has 2 saturated carbocycles. The van der Waals surface area contributed by atoms with Gasteiger partial charge in [-0.05, 0) is 64.0 Å². The minimum absolute atomic E-state index is 0.703. The zero-order chi connectivity index (χ0) is 11.7. The fourth-order valence-corrected chi connectivity index (χ4v) is 5.40. The molecule has 3 heteroatoms. The van der Waals surface area contributed by atoms with Crippen LogP contribution < -0.4 is 0 Å². The van der Waals surface area contributed by atoms with Crippen molar-refractivity contribution in [3.63, 3.8) is 0 Å². The molecule has 0 bridgehead atoms. The van der Waals surface area contributed by atoms with E-state index in [0.29, 0.717) is 5.41 Å². The van der Waals surface area contributed by atoms with Crippen molar-refractivity contribution in [2.45, 2.75) is 57.5 Å². The van der Waals surface area contributed by atoms with Crippen LogP contribution in [0.2, 0.25) is 0 Å². The number of fused-ring (bicyclic) bond motifs is 1. The Morgan fingerprint density at radius 2 is 1.82 bits per heavy atom. The molecule has 0 aromatic heterocycles. The number of halogens is 1. The summed E-state index contributed by atoms with van der Waals surface area (Å²) in [6.45, 7) is 6.58. The van der Waals surface area contributed by atoms with Crippen molar-refractivity contribution in [2.75, 3.05) is 19.6 Å². The Labute approximate surface area is 119 Å². The van der Waals surface area contributed by atoms with Gasteiger partial charge in [-0.2, -0.15) is 0 Å². The molecule has 3 atom stereocenters. The molecular formula is C14H23IN2. The summed E-state index contributed by atoms with van der Waals surface area (Å²) >= 11 is 2.56. The Morgan fingerprint density at radius 3 is 2.35 bits per heavy atom. The van der Waals surface area contributed by atoms with Crippen LogP contribution in [0.5, 0.6) is 0 Å². The summed E-state index contributed by atoms with van der Waals surface area (Å²) in [5.74, 6) is 0. The molecule has 96 valence electrons. The van der Waals surface area contributed by atoms with Crippen LogP contribution in [0.15, 0.2) is 0 Å². The van der Waals surface area contributed by atoms with Gasteiger partial charge < -0.3 is 4.90 Å². The molecule has 2 nitrogen and oxygen atoms in total. The third-order valence-electron chi connectivity index (χ3n) is 5.98. The zero-order valence-electron chi connectivity index (χ0n) is 10.8. The van der Waals surface area contributed by atoms with Crippen molar-refractivity contribution in [1.29, 1.82) is 0 Å². The highest BCUT2D eigenvalue weighted by molar-refractivity contribution is 14.1. The van der Waals surface area contributed by atoms with Gasteiger partial charge in [0.05, 0.1) is 0 Å². The van der Waals surface area contributed by atoms with Gasteiger partial charge in [0.1, 0.15) is 0 Å². The second-order valence-corrected chi connectivity index (χ2v) is 8.37. The minimum Gasteiger partial charge on any atom is -0.303 e. The average Bonchev–Trinajstić information content (AvgIpc) is 3.19. The molecule has 0 N–H and O–H groups in total. The number of hydrogen-bond acceptors (Lipinski definition) is 2. The lowest BCUT2D eigenvalue weighted by molar-refractivity contribution is 0.143. The van der Waals surface area contributed by atoms with Crippen LogP contribution in [-0.4, -0.2) is 39.7 Å². The summed E-state index contributed by atoms with van der Waals surface area (Å²) in [5, 5.41) is 0. The highest BCUT2D eigenvalue weighted by Gasteiger charge is 2.63. The second kappa shape index (κ2) is 3.60. The fraction of sp³-hybridized carbons (Fsp3) is 1.00. The highest BCUT2D eigenvalue weighted by Crippen LogP contribution is 2.61. The van der Waals surface area contributed by atoms with Crippen LogP contribution in [0, 0.1) is 10.8 Å². The number of piperidine rings is 2. The van der Waals surface area contributed by atoms with Crippen LogP contribution in [0.1, 0.15) is 45.4 Å². The quantitative estimate of drug-likeness (QED) is 0.560. The van der Waals surface area contributed by atoms with E-state index in [9.17, 15) is 0 Å². The van der Waals surface area contributed by atoms with Crippen LogP contribution >= 0.6 is 22.9 Å². The Balaban J connectivity index is 1.36. The van der Waals surface area contributed by atoms with Gasteiger partial charge in [-0.1, -0.05) is 0 Å². The SMILES string of the molecule is CC1CC2(CN3CCC4(CC3)CC4)CC2N1I. The standard InChI is InChI=1S/C14H23IN2/c1-11-8-14(9-12(14)17(11)15)10-16-6-4-13(2-3-13)5-7-16/h11-12H,2-10H2,1H3. The maximum absolute atomic E-state index is 2.78. The van der Waals surface area contributed by atoms with E-state index >= 15 is 0 Å². The second-order valence-electron chi connectivity index (χ2n) is 7.26. The van der Waals surface area contributed by atoms with Gasteiger partial charge in [-0.3, -0.25) is 0 Å². The van der Waals surface area contributed by atoms with E-state index in [2.05, 4.69) is 37.8 Å². The van der Waals surface area contributed by atoms with Crippen LogP contribution in [0.25, 0.3) is 0 Å². The van der Waals surface area contributed by atoms with Gasteiger partial charge >= 0.3 is 0 Å². The predicted octanol–water partition coefficient (Wildman–Crippen LogP) is 3.07. The molecule has 0 aromatic carbocycles. The molecule has 2 aliphatic carbocycles. The molecule has 2 heterocycles. The van der Waals surface area contributed by atoms with E-state index in [0.717, 1.165) is 17.5 Å². The molecule has 4 rings (SSSR count). The largest absolute Gasteiger partial charge is 0.303 e. The predicted molar refractivity (Wildman–Crippen MR) is 78.1 cm³/mol. The van der Waals surface area contributed by atoms with Gasteiger partial charge in [-0.15, -0.1) is 0 Å². The maximum atomic E-state index is 2.78. The summed E-state index contributed by atoms with van der Waals surface area (Å²) in [4.78, 5) is 2.78. The normalized spacial score (nSPS) is 48.4. The molecule has 0 aromatic rings. The minimum atomic E-state index is 0.703. The van der Waals surface area contributed by atoms with Crippen molar-refractivity contribution in [3.8, 4) is 0 Å². The first kappa shape index (κ1) is 11.5. The van der Waals surface area contributed by atoms with Gasteiger partial charge in [-0.25, -0.2) is 3.11 Å². The smallest absolute Gasteiger partial charge is 0.0273 e. The molecule has 17 heavy (non-hydrogen) atoms. The van der Waals surface area contributed by atoms with E-state index in [-0.39, 0.29) is 0 Å². The van der Waals surface area contributed by atoms with Gasteiger partial charge in [0.15, 0.2) is 0 Å². The van der Waals surface area contributed by atoms with E-state index in [1.54, 1.807) is 0 Å².